The van der Waals surface area contributed by atoms with Crippen molar-refractivity contribution in [3.63, 3.8) is 0 Å². The van der Waals surface area contributed by atoms with Gasteiger partial charge in [0, 0.05) is 5.92 Å². The number of esters is 1. The summed E-state index contributed by atoms with van der Waals surface area (Å²) < 4.78 is 4.66. The average Bonchev–Trinajstić information content (AvgIpc) is 1.87. The van der Waals surface area contributed by atoms with Gasteiger partial charge in [-0.05, 0) is 6.92 Å². The highest BCUT2D eigenvalue weighted by Gasteiger charge is 2.16. The molecule has 4 nitrogen and oxygen atoms in total. The Balaban J connectivity index is 3.76. The third-order valence-corrected chi connectivity index (χ3v) is 1.25. The molecule has 0 aromatic rings. The standard InChI is InChI=1S/C7H15NO3/c1-4(2)6(8)11-7(10)5(3)9/h4-6,9H,8H2,1-3H3. The lowest BCUT2D eigenvalue weighted by atomic mass is 10.2. The van der Waals surface area contributed by atoms with E-state index in [4.69, 9.17) is 10.8 Å². The Bertz CT molecular complexity index is 134. The van der Waals surface area contributed by atoms with Crippen LogP contribution in [0.2, 0.25) is 0 Å². The summed E-state index contributed by atoms with van der Waals surface area (Å²) in [5, 5.41) is 8.72. The number of hydrogen-bond acceptors (Lipinski definition) is 4. The number of ether oxygens (including phenoxy) is 1. The second-order valence-corrected chi connectivity index (χ2v) is 2.82. The van der Waals surface area contributed by atoms with Gasteiger partial charge in [0.25, 0.3) is 0 Å². The second kappa shape index (κ2) is 4.31. The molecule has 0 amide bonds. The molecule has 0 aliphatic carbocycles. The summed E-state index contributed by atoms with van der Waals surface area (Å²) in [7, 11) is 0. The van der Waals surface area contributed by atoms with Crippen LogP contribution in [-0.4, -0.2) is 23.4 Å². The zero-order valence-corrected chi connectivity index (χ0v) is 7.07. The van der Waals surface area contributed by atoms with Gasteiger partial charge in [0.1, 0.15) is 6.10 Å². The molecule has 0 aliphatic heterocycles. The quantitative estimate of drug-likeness (QED) is 0.446. The molecule has 66 valence electrons. The fraction of sp³-hybridized carbons (Fsp3) is 0.857. The minimum absolute atomic E-state index is 0.0673. The summed E-state index contributed by atoms with van der Waals surface area (Å²) in [5.74, 6) is -0.607. The zero-order chi connectivity index (χ0) is 9.02. The van der Waals surface area contributed by atoms with Gasteiger partial charge in [-0.1, -0.05) is 13.8 Å². The predicted octanol–water partition coefficient (Wildman–Crippen LogP) is -0.149. The molecule has 0 aromatic heterocycles. The highest BCUT2D eigenvalue weighted by molar-refractivity contribution is 5.73. The molecule has 4 heteroatoms. The fourth-order valence-corrected chi connectivity index (χ4v) is 0.369. The van der Waals surface area contributed by atoms with Crippen LogP contribution in [0, 0.1) is 5.92 Å². The SMILES string of the molecule is CC(O)C(=O)OC(N)C(C)C. The predicted molar refractivity (Wildman–Crippen MR) is 40.6 cm³/mol. The Hall–Kier alpha value is -0.610. The van der Waals surface area contributed by atoms with E-state index in [0.717, 1.165) is 0 Å². The molecule has 0 bridgehead atoms. The lowest BCUT2D eigenvalue weighted by Gasteiger charge is -2.16. The highest BCUT2D eigenvalue weighted by Crippen LogP contribution is 2.01. The van der Waals surface area contributed by atoms with Crippen molar-refractivity contribution >= 4 is 5.97 Å². The Morgan fingerprint density at radius 2 is 1.91 bits per heavy atom. The van der Waals surface area contributed by atoms with Gasteiger partial charge in [0.05, 0.1) is 0 Å². The fourth-order valence-electron chi connectivity index (χ4n) is 0.369. The normalized spacial score (nSPS) is 16.2. The molecule has 0 saturated carbocycles. The van der Waals surface area contributed by atoms with Crippen LogP contribution in [-0.2, 0) is 9.53 Å². The summed E-state index contributed by atoms with van der Waals surface area (Å²) in [6.07, 6.45) is -1.73. The van der Waals surface area contributed by atoms with Crippen LogP contribution in [0.25, 0.3) is 0 Å². The Morgan fingerprint density at radius 3 is 2.18 bits per heavy atom. The van der Waals surface area contributed by atoms with Gasteiger partial charge < -0.3 is 9.84 Å². The molecule has 0 heterocycles. The first kappa shape index (κ1) is 10.4. The maximum absolute atomic E-state index is 10.7. The van der Waals surface area contributed by atoms with E-state index in [1.165, 1.54) is 6.92 Å². The van der Waals surface area contributed by atoms with Gasteiger partial charge in [-0.15, -0.1) is 0 Å². The summed E-state index contributed by atoms with van der Waals surface area (Å²) in [4.78, 5) is 10.7. The van der Waals surface area contributed by atoms with E-state index >= 15 is 0 Å². The topological polar surface area (TPSA) is 72.5 Å². The zero-order valence-electron chi connectivity index (χ0n) is 7.07. The molecule has 0 spiro atoms. The molecule has 0 rings (SSSR count). The largest absolute Gasteiger partial charge is 0.445 e. The van der Waals surface area contributed by atoms with E-state index in [1.54, 1.807) is 0 Å². The number of nitrogens with two attached hydrogens (primary N) is 1. The van der Waals surface area contributed by atoms with E-state index in [0.29, 0.717) is 0 Å². The lowest BCUT2D eigenvalue weighted by Crippen LogP contribution is -2.35. The first-order chi connectivity index (χ1) is 4.95. The molecule has 0 saturated heterocycles. The molecule has 11 heavy (non-hydrogen) atoms. The number of hydrogen-bond donors (Lipinski definition) is 2. The van der Waals surface area contributed by atoms with Crippen molar-refractivity contribution in [1.29, 1.82) is 0 Å². The Kier molecular flexibility index (Phi) is 4.07. The Morgan fingerprint density at radius 1 is 1.45 bits per heavy atom. The van der Waals surface area contributed by atoms with E-state index in [2.05, 4.69) is 4.74 Å². The van der Waals surface area contributed by atoms with Gasteiger partial charge in [0.15, 0.2) is 6.23 Å². The molecule has 0 aromatic carbocycles. The van der Waals surface area contributed by atoms with E-state index in [1.807, 2.05) is 13.8 Å². The summed E-state index contributed by atoms with van der Waals surface area (Å²) in [5.41, 5.74) is 5.40. The van der Waals surface area contributed by atoms with Crippen molar-refractivity contribution in [2.24, 2.45) is 11.7 Å². The third-order valence-electron chi connectivity index (χ3n) is 1.25. The number of aliphatic hydroxyl groups is 1. The first-order valence-corrected chi connectivity index (χ1v) is 3.59. The minimum Gasteiger partial charge on any atom is -0.445 e. The second-order valence-electron chi connectivity index (χ2n) is 2.82. The maximum Gasteiger partial charge on any atom is 0.336 e. The van der Waals surface area contributed by atoms with Crippen LogP contribution in [0.3, 0.4) is 0 Å². The highest BCUT2D eigenvalue weighted by atomic mass is 16.6. The monoisotopic (exact) mass is 161 g/mol. The van der Waals surface area contributed by atoms with Crippen LogP contribution in [0.4, 0.5) is 0 Å². The van der Waals surface area contributed by atoms with E-state index < -0.39 is 18.3 Å². The summed E-state index contributed by atoms with van der Waals surface area (Å²) in [6, 6.07) is 0. The molecule has 0 aliphatic rings. The van der Waals surface area contributed by atoms with Crippen molar-refractivity contribution in [3.05, 3.63) is 0 Å². The van der Waals surface area contributed by atoms with Crippen LogP contribution in [0.1, 0.15) is 20.8 Å². The van der Waals surface area contributed by atoms with E-state index in [9.17, 15) is 4.79 Å². The molecule has 0 fully saturated rings. The number of carbonyl (C=O) groups is 1. The molecule has 2 atom stereocenters. The first-order valence-electron chi connectivity index (χ1n) is 3.59. The van der Waals surface area contributed by atoms with Crippen LogP contribution < -0.4 is 5.73 Å². The van der Waals surface area contributed by atoms with Crippen LogP contribution in [0.15, 0.2) is 0 Å². The van der Waals surface area contributed by atoms with Crippen molar-refractivity contribution < 1.29 is 14.6 Å². The number of rotatable bonds is 3. The molecule has 0 radical (unpaired) electrons. The molecular weight excluding hydrogens is 146 g/mol. The van der Waals surface area contributed by atoms with Crippen molar-refractivity contribution in [1.82, 2.24) is 0 Å². The minimum atomic E-state index is -1.10. The van der Waals surface area contributed by atoms with Crippen molar-refractivity contribution in [2.75, 3.05) is 0 Å². The molecule has 2 unspecified atom stereocenters. The van der Waals surface area contributed by atoms with Gasteiger partial charge in [-0.25, -0.2) is 4.79 Å². The average molecular weight is 161 g/mol. The lowest BCUT2D eigenvalue weighted by molar-refractivity contribution is -0.159. The van der Waals surface area contributed by atoms with Crippen molar-refractivity contribution in [3.8, 4) is 0 Å². The van der Waals surface area contributed by atoms with Crippen molar-refractivity contribution in [2.45, 2.75) is 33.1 Å². The summed E-state index contributed by atoms with van der Waals surface area (Å²) >= 11 is 0. The van der Waals surface area contributed by atoms with Crippen LogP contribution in [0.5, 0.6) is 0 Å². The van der Waals surface area contributed by atoms with Gasteiger partial charge >= 0.3 is 5.97 Å². The molecule has 3 N–H and O–H groups in total. The molecular formula is C7H15NO3. The number of aliphatic hydroxyl groups excluding tert-OH is 1. The van der Waals surface area contributed by atoms with E-state index in [-0.39, 0.29) is 5.92 Å². The van der Waals surface area contributed by atoms with Gasteiger partial charge in [-0.3, -0.25) is 5.73 Å². The third kappa shape index (κ3) is 3.95. The maximum atomic E-state index is 10.7. The summed E-state index contributed by atoms with van der Waals surface area (Å²) in [6.45, 7) is 5.01. The smallest absolute Gasteiger partial charge is 0.336 e. The Labute approximate surface area is 66.3 Å². The van der Waals surface area contributed by atoms with Crippen LogP contribution >= 0.6 is 0 Å². The van der Waals surface area contributed by atoms with Gasteiger partial charge in [0.2, 0.25) is 0 Å². The number of carbonyl (C=O) groups excluding carboxylic acids is 1. The van der Waals surface area contributed by atoms with Gasteiger partial charge in [-0.2, -0.15) is 0 Å².